The Morgan fingerprint density at radius 1 is 0.921 bits per heavy atom. The van der Waals surface area contributed by atoms with Crippen molar-refractivity contribution in [2.24, 2.45) is 0 Å². The number of ether oxygens (including phenoxy) is 1. The van der Waals surface area contributed by atoms with Crippen LogP contribution in [0.15, 0.2) is 78.9 Å². The van der Waals surface area contributed by atoms with Crippen molar-refractivity contribution in [2.75, 3.05) is 20.2 Å². The Morgan fingerprint density at radius 3 is 2.05 bits per heavy atom. The van der Waals surface area contributed by atoms with Crippen LogP contribution in [-0.4, -0.2) is 59.8 Å². The van der Waals surface area contributed by atoms with Crippen LogP contribution < -0.4 is 10.6 Å². The second-order valence-electron chi connectivity index (χ2n) is 10.1. The summed E-state index contributed by atoms with van der Waals surface area (Å²) in [6, 6.07) is 24.5. The van der Waals surface area contributed by atoms with Gasteiger partial charge in [-0.2, -0.15) is 0 Å². The van der Waals surface area contributed by atoms with E-state index >= 15 is 0 Å². The highest BCUT2D eigenvalue weighted by molar-refractivity contribution is 5.92. The highest BCUT2D eigenvalue weighted by atomic mass is 16.5. The smallest absolute Gasteiger partial charge is 0.408 e. The third-order valence-electron chi connectivity index (χ3n) is 6.72. The van der Waals surface area contributed by atoms with Gasteiger partial charge in [0.2, 0.25) is 5.91 Å². The van der Waals surface area contributed by atoms with Crippen molar-refractivity contribution < 1.29 is 24.2 Å². The quantitative estimate of drug-likeness (QED) is 0.377. The molecule has 1 unspecified atom stereocenters. The first-order valence-corrected chi connectivity index (χ1v) is 12.5. The van der Waals surface area contributed by atoms with Crippen LogP contribution in [0.3, 0.4) is 0 Å². The first-order valence-electron chi connectivity index (χ1n) is 12.5. The van der Waals surface area contributed by atoms with Gasteiger partial charge in [0.1, 0.15) is 18.2 Å². The molecule has 0 saturated heterocycles. The summed E-state index contributed by atoms with van der Waals surface area (Å²) in [6.07, 6.45) is -0.750. The number of carbonyl (C=O) groups excluding carboxylic acids is 2. The highest BCUT2D eigenvalue weighted by Gasteiger charge is 2.35. The van der Waals surface area contributed by atoms with Crippen molar-refractivity contribution >= 4 is 18.0 Å². The van der Waals surface area contributed by atoms with Gasteiger partial charge in [0.05, 0.1) is 0 Å². The van der Waals surface area contributed by atoms with Crippen LogP contribution in [0, 0.1) is 0 Å². The van der Waals surface area contributed by atoms with Crippen molar-refractivity contribution in [3.05, 3.63) is 95.6 Å². The van der Waals surface area contributed by atoms with Crippen LogP contribution in [0.2, 0.25) is 0 Å². The van der Waals surface area contributed by atoms with Gasteiger partial charge in [-0.3, -0.25) is 9.69 Å². The molecule has 198 valence electrons. The number of nitrogens with one attached hydrogen (secondary N) is 2. The summed E-state index contributed by atoms with van der Waals surface area (Å²) >= 11 is 0. The maximum atomic E-state index is 13.0. The molecule has 0 radical (unpaired) electrons. The van der Waals surface area contributed by atoms with E-state index in [0.717, 1.165) is 27.8 Å². The molecule has 0 spiro atoms. The molecule has 1 aliphatic carbocycles. The number of aliphatic carboxylic acids is 1. The number of likely N-dealkylation sites (N-methyl/N-ethyl adjacent to an activating group) is 1. The lowest BCUT2D eigenvalue weighted by molar-refractivity contribution is -0.143. The number of carboxylic acid groups (broad SMARTS) is 1. The second-order valence-corrected chi connectivity index (χ2v) is 10.1. The molecule has 0 bridgehead atoms. The molecule has 0 aliphatic heterocycles. The van der Waals surface area contributed by atoms with Crippen LogP contribution in [-0.2, 0) is 20.9 Å². The predicted octanol–water partition coefficient (Wildman–Crippen LogP) is 4.01. The number of amides is 2. The minimum atomic E-state index is -1.39. The summed E-state index contributed by atoms with van der Waals surface area (Å²) in [5.41, 5.74) is 4.05. The molecule has 0 fully saturated rings. The number of carbonyl (C=O) groups is 3. The Hall–Kier alpha value is -4.17. The van der Waals surface area contributed by atoms with Crippen molar-refractivity contribution in [1.82, 2.24) is 15.5 Å². The molecule has 3 N–H and O–H groups in total. The summed E-state index contributed by atoms with van der Waals surface area (Å²) in [5, 5.41) is 14.8. The molecule has 8 heteroatoms. The number of rotatable bonds is 10. The van der Waals surface area contributed by atoms with Gasteiger partial charge in [-0.25, -0.2) is 9.59 Å². The van der Waals surface area contributed by atoms with Crippen molar-refractivity contribution in [2.45, 2.75) is 37.9 Å². The lowest BCUT2D eigenvalue weighted by Gasteiger charge is -2.28. The fraction of sp³-hybridized carbons (Fsp3) is 0.300. The zero-order chi connectivity index (χ0) is 27.3. The van der Waals surface area contributed by atoms with Crippen LogP contribution in [0.25, 0.3) is 11.1 Å². The molecule has 2 amide bonds. The predicted molar refractivity (Wildman–Crippen MR) is 145 cm³/mol. The topological polar surface area (TPSA) is 108 Å². The van der Waals surface area contributed by atoms with E-state index in [9.17, 15) is 19.5 Å². The lowest BCUT2D eigenvalue weighted by atomic mass is 9.98. The molecule has 3 aromatic carbocycles. The van der Waals surface area contributed by atoms with Gasteiger partial charge in [0.15, 0.2) is 0 Å². The molecular weight excluding hydrogens is 482 g/mol. The van der Waals surface area contributed by atoms with Gasteiger partial charge < -0.3 is 20.5 Å². The highest BCUT2D eigenvalue weighted by Crippen LogP contribution is 2.44. The first-order chi connectivity index (χ1) is 18.2. The standard InChI is InChI=1S/C30H33N3O5/c1-30(2,28(36)31-26(27(34)35)18-33(3)17-20-11-5-4-6-12-20)32-29(37)38-19-25-23-15-9-7-13-21(23)22-14-8-10-16-24(22)25/h4-16,25-26H,17-19H2,1-3H3,(H,31,36)(H,32,37)(H,34,35). The number of alkyl carbamates (subject to hydrolysis) is 1. The summed E-state index contributed by atoms with van der Waals surface area (Å²) in [5.74, 6) is -1.89. The number of hydrogen-bond acceptors (Lipinski definition) is 5. The molecular formula is C30H33N3O5. The molecule has 1 aliphatic rings. The van der Waals surface area contributed by atoms with E-state index in [4.69, 9.17) is 4.74 Å². The van der Waals surface area contributed by atoms with E-state index in [1.54, 1.807) is 7.05 Å². The van der Waals surface area contributed by atoms with Crippen LogP contribution in [0.1, 0.15) is 36.5 Å². The fourth-order valence-electron chi connectivity index (χ4n) is 4.74. The van der Waals surface area contributed by atoms with E-state index in [0.29, 0.717) is 6.54 Å². The van der Waals surface area contributed by atoms with E-state index in [1.807, 2.05) is 71.6 Å². The molecule has 3 aromatic rings. The number of nitrogens with zero attached hydrogens (tertiary/aromatic N) is 1. The fourth-order valence-corrected chi connectivity index (χ4v) is 4.74. The van der Waals surface area contributed by atoms with Crippen LogP contribution in [0.4, 0.5) is 4.79 Å². The first kappa shape index (κ1) is 26.9. The third kappa shape index (κ3) is 6.20. The Bertz CT molecular complexity index is 1260. The average Bonchev–Trinajstić information content (AvgIpc) is 3.21. The SMILES string of the molecule is CN(Cc1ccccc1)CC(NC(=O)C(C)(C)NC(=O)OCC1c2ccccc2-c2ccccc21)C(=O)O. The number of carboxylic acids is 1. The maximum absolute atomic E-state index is 13.0. The summed E-state index contributed by atoms with van der Waals surface area (Å²) < 4.78 is 5.55. The summed E-state index contributed by atoms with van der Waals surface area (Å²) in [7, 11) is 1.79. The largest absolute Gasteiger partial charge is 0.480 e. The van der Waals surface area contributed by atoms with Gasteiger partial charge in [0.25, 0.3) is 0 Å². The van der Waals surface area contributed by atoms with Crippen LogP contribution >= 0.6 is 0 Å². The second kappa shape index (κ2) is 11.5. The average molecular weight is 516 g/mol. The number of hydrogen-bond donors (Lipinski definition) is 3. The summed E-state index contributed by atoms with van der Waals surface area (Å²) in [6.45, 7) is 3.76. The third-order valence-corrected chi connectivity index (χ3v) is 6.72. The normalized spacial score (nSPS) is 13.4. The Labute approximate surface area is 222 Å². The Kier molecular flexibility index (Phi) is 8.12. The van der Waals surface area contributed by atoms with E-state index in [1.165, 1.54) is 13.8 Å². The zero-order valence-corrected chi connectivity index (χ0v) is 21.8. The Balaban J connectivity index is 1.33. The molecule has 4 rings (SSSR count). The minimum Gasteiger partial charge on any atom is -0.480 e. The monoisotopic (exact) mass is 515 g/mol. The maximum Gasteiger partial charge on any atom is 0.408 e. The number of fused-ring (bicyclic) bond motifs is 3. The molecule has 0 saturated carbocycles. The number of benzene rings is 3. The van der Waals surface area contributed by atoms with Gasteiger partial charge >= 0.3 is 12.1 Å². The van der Waals surface area contributed by atoms with E-state index in [2.05, 4.69) is 22.8 Å². The molecule has 8 nitrogen and oxygen atoms in total. The van der Waals surface area contributed by atoms with Crippen LogP contribution in [0.5, 0.6) is 0 Å². The zero-order valence-electron chi connectivity index (χ0n) is 21.8. The van der Waals surface area contributed by atoms with E-state index in [-0.39, 0.29) is 19.1 Å². The summed E-state index contributed by atoms with van der Waals surface area (Å²) in [4.78, 5) is 39.4. The lowest BCUT2D eigenvalue weighted by Crippen LogP contribution is -2.59. The molecule has 0 heterocycles. The van der Waals surface area contributed by atoms with Gasteiger partial charge in [-0.05, 0) is 48.7 Å². The van der Waals surface area contributed by atoms with Gasteiger partial charge in [0, 0.05) is 19.0 Å². The molecule has 38 heavy (non-hydrogen) atoms. The minimum absolute atomic E-state index is 0.0942. The molecule has 0 aromatic heterocycles. The van der Waals surface area contributed by atoms with Crippen molar-refractivity contribution in [3.63, 3.8) is 0 Å². The van der Waals surface area contributed by atoms with Gasteiger partial charge in [-0.1, -0.05) is 78.9 Å². The van der Waals surface area contributed by atoms with Gasteiger partial charge in [-0.15, -0.1) is 0 Å². The Morgan fingerprint density at radius 2 is 1.47 bits per heavy atom. The molecule has 1 atom stereocenters. The van der Waals surface area contributed by atoms with Crippen molar-refractivity contribution in [1.29, 1.82) is 0 Å². The van der Waals surface area contributed by atoms with E-state index < -0.39 is 29.6 Å². The van der Waals surface area contributed by atoms with Crippen molar-refractivity contribution in [3.8, 4) is 11.1 Å².